The Labute approximate surface area is 78.6 Å². The predicted molar refractivity (Wildman–Crippen MR) is 52.8 cm³/mol. The van der Waals surface area contributed by atoms with Crippen molar-refractivity contribution >= 4 is 5.82 Å². The van der Waals surface area contributed by atoms with Crippen molar-refractivity contribution in [3.05, 3.63) is 17.3 Å². The molecular formula is C10H15N3. The molecule has 70 valence electrons. The van der Waals surface area contributed by atoms with Crippen molar-refractivity contribution in [1.82, 2.24) is 10.2 Å². The number of nitrogens with zero attached hydrogens (tertiary/aromatic N) is 2. The van der Waals surface area contributed by atoms with Gasteiger partial charge in [0.2, 0.25) is 0 Å². The van der Waals surface area contributed by atoms with Gasteiger partial charge in [-0.1, -0.05) is 6.92 Å². The second kappa shape index (κ2) is 3.32. The second-order valence-corrected chi connectivity index (χ2v) is 3.61. The van der Waals surface area contributed by atoms with Crippen molar-refractivity contribution in [2.45, 2.75) is 39.2 Å². The Bertz CT molecular complexity index is 305. The van der Waals surface area contributed by atoms with Gasteiger partial charge in [-0.15, -0.1) is 5.10 Å². The van der Waals surface area contributed by atoms with Crippen molar-refractivity contribution in [3.63, 3.8) is 0 Å². The Hall–Kier alpha value is -1.12. The van der Waals surface area contributed by atoms with Crippen molar-refractivity contribution in [1.29, 1.82) is 0 Å². The van der Waals surface area contributed by atoms with Crippen LogP contribution in [0.2, 0.25) is 0 Å². The second-order valence-electron chi connectivity index (χ2n) is 3.61. The van der Waals surface area contributed by atoms with Crippen molar-refractivity contribution < 1.29 is 0 Å². The van der Waals surface area contributed by atoms with Crippen LogP contribution in [0.3, 0.4) is 0 Å². The number of hydrogen-bond donors (Lipinski definition) is 1. The molecule has 1 saturated carbocycles. The fourth-order valence-corrected chi connectivity index (χ4v) is 1.36. The Kier molecular flexibility index (Phi) is 2.17. The topological polar surface area (TPSA) is 37.8 Å². The van der Waals surface area contributed by atoms with E-state index >= 15 is 0 Å². The lowest BCUT2D eigenvalue weighted by Gasteiger charge is -2.05. The Morgan fingerprint density at radius 2 is 2.23 bits per heavy atom. The minimum absolute atomic E-state index is 0.654. The van der Waals surface area contributed by atoms with E-state index in [-0.39, 0.29) is 0 Å². The van der Waals surface area contributed by atoms with Crippen LogP contribution in [0, 0.1) is 6.92 Å². The lowest BCUT2D eigenvalue weighted by Crippen LogP contribution is -2.06. The Morgan fingerprint density at radius 3 is 2.85 bits per heavy atom. The van der Waals surface area contributed by atoms with E-state index in [2.05, 4.69) is 28.5 Å². The first-order valence-electron chi connectivity index (χ1n) is 4.89. The van der Waals surface area contributed by atoms with E-state index in [1.54, 1.807) is 0 Å². The van der Waals surface area contributed by atoms with Gasteiger partial charge in [-0.25, -0.2) is 0 Å². The average molecular weight is 177 g/mol. The molecule has 1 aromatic heterocycles. The number of aryl methyl sites for hydroxylation is 2. The number of rotatable bonds is 3. The van der Waals surface area contributed by atoms with Gasteiger partial charge in [0.05, 0.1) is 5.69 Å². The first-order chi connectivity index (χ1) is 6.29. The van der Waals surface area contributed by atoms with E-state index in [1.165, 1.54) is 18.4 Å². The molecule has 1 fully saturated rings. The van der Waals surface area contributed by atoms with Gasteiger partial charge in [0.1, 0.15) is 5.82 Å². The van der Waals surface area contributed by atoms with Crippen molar-refractivity contribution in [2.75, 3.05) is 5.32 Å². The third-order valence-electron chi connectivity index (χ3n) is 2.39. The van der Waals surface area contributed by atoms with Crippen molar-refractivity contribution in [3.8, 4) is 0 Å². The monoisotopic (exact) mass is 177 g/mol. The summed E-state index contributed by atoms with van der Waals surface area (Å²) in [4.78, 5) is 0. The zero-order valence-corrected chi connectivity index (χ0v) is 8.17. The van der Waals surface area contributed by atoms with Crippen LogP contribution >= 0.6 is 0 Å². The summed E-state index contributed by atoms with van der Waals surface area (Å²) in [5.74, 6) is 0.935. The molecule has 0 saturated heterocycles. The molecule has 0 bridgehead atoms. The number of hydrogen-bond acceptors (Lipinski definition) is 3. The zero-order chi connectivity index (χ0) is 9.26. The zero-order valence-electron chi connectivity index (χ0n) is 8.17. The molecule has 0 amide bonds. The molecule has 0 unspecified atom stereocenters. The van der Waals surface area contributed by atoms with Gasteiger partial charge < -0.3 is 5.32 Å². The maximum absolute atomic E-state index is 4.12. The van der Waals surface area contributed by atoms with Gasteiger partial charge in [0.15, 0.2) is 0 Å². The van der Waals surface area contributed by atoms with Crippen LogP contribution in [-0.4, -0.2) is 16.2 Å². The molecule has 0 radical (unpaired) electrons. The van der Waals surface area contributed by atoms with Crippen LogP contribution in [0.15, 0.2) is 6.07 Å². The quantitative estimate of drug-likeness (QED) is 0.766. The third-order valence-corrected chi connectivity index (χ3v) is 2.39. The molecular weight excluding hydrogens is 162 g/mol. The molecule has 1 aliphatic carbocycles. The molecule has 1 aromatic rings. The van der Waals surface area contributed by atoms with Crippen LogP contribution in [0.4, 0.5) is 5.82 Å². The van der Waals surface area contributed by atoms with Crippen LogP contribution in [0.1, 0.15) is 31.0 Å². The summed E-state index contributed by atoms with van der Waals surface area (Å²) in [5, 5.41) is 11.6. The van der Waals surface area contributed by atoms with Gasteiger partial charge in [0.25, 0.3) is 0 Å². The maximum atomic E-state index is 4.12. The largest absolute Gasteiger partial charge is 0.366 e. The van der Waals surface area contributed by atoms with Crippen LogP contribution in [-0.2, 0) is 6.42 Å². The number of aromatic nitrogens is 2. The van der Waals surface area contributed by atoms with Crippen LogP contribution in [0.5, 0.6) is 0 Å². The minimum Gasteiger partial charge on any atom is -0.366 e. The van der Waals surface area contributed by atoms with Gasteiger partial charge >= 0.3 is 0 Å². The van der Waals surface area contributed by atoms with Crippen LogP contribution < -0.4 is 5.32 Å². The Morgan fingerprint density at radius 1 is 1.46 bits per heavy atom. The molecule has 1 heterocycles. The standard InChI is InChI=1S/C10H15N3/c1-3-8-6-10(11-9-4-5-9)13-12-7(8)2/h6,9H,3-5H2,1-2H3,(H,11,13). The van der Waals surface area contributed by atoms with Crippen LogP contribution in [0.25, 0.3) is 0 Å². The fraction of sp³-hybridized carbons (Fsp3) is 0.600. The Balaban J connectivity index is 2.16. The molecule has 0 aromatic carbocycles. The van der Waals surface area contributed by atoms with E-state index in [0.717, 1.165) is 17.9 Å². The molecule has 13 heavy (non-hydrogen) atoms. The SMILES string of the molecule is CCc1cc(NC2CC2)nnc1C. The summed E-state index contributed by atoms with van der Waals surface area (Å²) in [6.07, 6.45) is 3.58. The summed E-state index contributed by atoms with van der Waals surface area (Å²) in [7, 11) is 0. The van der Waals surface area contributed by atoms with E-state index < -0.39 is 0 Å². The molecule has 1 N–H and O–H groups in total. The lowest BCUT2D eigenvalue weighted by atomic mass is 10.2. The third kappa shape index (κ3) is 1.97. The van der Waals surface area contributed by atoms with E-state index in [1.807, 2.05) is 6.92 Å². The normalized spacial score (nSPS) is 15.8. The molecule has 3 nitrogen and oxygen atoms in total. The fourth-order valence-electron chi connectivity index (χ4n) is 1.36. The maximum Gasteiger partial charge on any atom is 0.149 e. The summed E-state index contributed by atoms with van der Waals surface area (Å²) in [5.41, 5.74) is 2.34. The highest BCUT2D eigenvalue weighted by atomic mass is 15.2. The van der Waals surface area contributed by atoms with Gasteiger partial charge in [0, 0.05) is 6.04 Å². The predicted octanol–water partition coefficient (Wildman–Crippen LogP) is 1.92. The molecule has 3 heteroatoms. The molecule has 2 rings (SSSR count). The highest BCUT2D eigenvalue weighted by Crippen LogP contribution is 2.23. The highest BCUT2D eigenvalue weighted by Gasteiger charge is 2.21. The molecule has 1 aliphatic rings. The molecule has 0 aliphatic heterocycles. The smallest absolute Gasteiger partial charge is 0.149 e. The summed E-state index contributed by atoms with van der Waals surface area (Å²) in [6.45, 7) is 4.15. The summed E-state index contributed by atoms with van der Waals surface area (Å²) < 4.78 is 0. The number of anilines is 1. The summed E-state index contributed by atoms with van der Waals surface area (Å²) >= 11 is 0. The van der Waals surface area contributed by atoms with Crippen molar-refractivity contribution in [2.24, 2.45) is 0 Å². The number of nitrogens with one attached hydrogen (secondary N) is 1. The average Bonchev–Trinajstić information content (AvgIpc) is 2.92. The van der Waals surface area contributed by atoms with E-state index in [9.17, 15) is 0 Å². The van der Waals surface area contributed by atoms with Gasteiger partial charge in [-0.2, -0.15) is 5.10 Å². The van der Waals surface area contributed by atoms with Gasteiger partial charge in [-0.3, -0.25) is 0 Å². The lowest BCUT2D eigenvalue weighted by molar-refractivity contribution is 0.922. The highest BCUT2D eigenvalue weighted by molar-refractivity contribution is 5.39. The minimum atomic E-state index is 0.654. The summed E-state index contributed by atoms with van der Waals surface area (Å²) in [6, 6.07) is 2.77. The van der Waals surface area contributed by atoms with E-state index in [0.29, 0.717) is 6.04 Å². The van der Waals surface area contributed by atoms with Gasteiger partial charge in [-0.05, 0) is 37.8 Å². The van der Waals surface area contributed by atoms with E-state index in [4.69, 9.17) is 0 Å². The molecule has 0 spiro atoms. The first-order valence-corrected chi connectivity index (χ1v) is 4.89. The molecule has 0 atom stereocenters. The first kappa shape index (κ1) is 8.48.